The number of rotatable bonds is 5. The van der Waals surface area contributed by atoms with Gasteiger partial charge in [0, 0.05) is 25.0 Å². The van der Waals surface area contributed by atoms with Crippen molar-refractivity contribution in [2.24, 2.45) is 5.73 Å². The summed E-state index contributed by atoms with van der Waals surface area (Å²) < 4.78 is 1.83. The van der Waals surface area contributed by atoms with Crippen LogP contribution in [0.15, 0.2) is 30.7 Å². The van der Waals surface area contributed by atoms with Crippen LogP contribution in [0.2, 0.25) is 0 Å². The van der Waals surface area contributed by atoms with Crippen LogP contribution in [0, 0.1) is 6.92 Å². The van der Waals surface area contributed by atoms with Crippen LogP contribution >= 0.6 is 24.8 Å². The standard InChI is InChI=1S/C13H17N5O.2ClH/c1-10-15-8-9-18(10)13-11(4-3-7-16-13)17-12(19)5-2-6-14;;/h3-4,7-9H,2,5-6,14H2,1H3,(H,17,19);2*1H. The average Bonchev–Trinajstić information content (AvgIpc) is 2.83. The van der Waals surface area contributed by atoms with Crippen LogP contribution < -0.4 is 11.1 Å². The zero-order valence-corrected chi connectivity index (χ0v) is 13.3. The molecule has 0 unspecified atom stereocenters. The molecule has 0 radical (unpaired) electrons. The van der Waals surface area contributed by atoms with E-state index in [1.54, 1.807) is 18.5 Å². The van der Waals surface area contributed by atoms with Gasteiger partial charge in [-0.2, -0.15) is 0 Å². The molecule has 0 aliphatic carbocycles. The van der Waals surface area contributed by atoms with Crippen LogP contribution in [0.4, 0.5) is 5.69 Å². The number of pyridine rings is 1. The second-order valence-electron chi connectivity index (χ2n) is 4.16. The Labute approximate surface area is 136 Å². The van der Waals surface area contributed by atoms with E-state index >= 15 is 0 Å². The van der Waals surface area contributed by atoms with Crippen molar-refractivity contribution in [3.63, 3.8) is 0 Å². The van der Waals surface area contributed by atoms with Gasteiger partial charge < -0.3 is 11.1 Å². The maximum atomic E-state index is 11.8. The SMILES string of the molecule is Cc1nccn1-c1ncccc1NC(=O)CCCN.Cl.Cl. The molecule has 0 fully saturated rings. The summed E-state index contributed by atoms with van der Waals surface area (Å²) in [6.45, 7) is 2.39. The molecule has 116 valence electrons. The lowest BCUT2D eigenvalue weighted by Crippen LogP contribution is -2.15. The number of aromatic nitrogens is 3. The van der Waals surface area contributed by atoms with Crippen molar-refractivity contribution in [3.8, 4) is 5.82 Å². The van der Waals surface area contributed by atoms with Gasteiger partial charge in [-0.15, -0.1) is 24.8 Å². The molecule has 1 amide bonds. The Morgan fingerprint density at radius 3 is 2.71 bits per heavy atom. The van der Waals surface area contributed by atoms with E-state index < -0.39 is 0 Å². The Bertz CT molecular complexity index is 573. The molecule has 8 heteroatoms. The van der Waals surface area contributed by atoms with Crippen molar-refractivity contribution in [2.45, 2.75) is 19.8 Å². The first kappa shape index (κ1) is 19.4. The zero-order valence-electron chi connectivity index (χ0n) is 11.7. The van der Waals surface area contributed by atoms with E-state index in [9.17, 15) is 4.79 Å². The third kappa shape index (κ3) is 5.00. The first-order valence-corrected chi connectivity index (χ1v) is 6.17. The number of carbonyl (C=O) groups excluding carboxylic acids is 1. The van der Waals surface area contributed by atoms with E-state index in [0.717, 1.165) is 5.82 Å². The fourth-order valence-corrected chi connectivity index (χ4v) is 1.76. The molecule has 0 bridgehead atoms. The highest BCUT2D eigenvalue weighted by molar-refractivity contribution is 5.92. The van der Waals surface area contributed by atoms with Gasteiger partial charge in [-0.1, -0.05) is 0 Å². The van der Waals surface area contributed by atoms with Crippen LogP contribution in [-0.4, -0.2) is 27.0 Å². The van der Waals surface area contributed by atoms with Crippen LogP contribution in [0.1, 0.15) is 18.7 Å². The van der Waals surface area contributed by atoms with Gasteiger partial charge in [-0.3, -0.25) is 9.36 Å². The van der Waals surface area contributed by atoms with E-state index in [0.29, 0.717) is 30.9 Å². The molecular weight excluding hydrogens is 313 g/mol. The molecule has 2 aromatic heterocycles. The van der Waals surface area contributed by atoms with E-state index in [1.165, 1.54) is 0 Å². The summed E-state index contributed by atoms with van der Waals surface area (Å²) in [5.41, 5.74) is 6.06. The number of nitrogens with zero attached hydrogens (tertiary/aromatic N) is 3. The van der Waals surface area contributed by atoms with Crippen LogP contribution in [0.25, 0.3) is 5.82 Å². The molecule has 2 rings (SSSR count). The Morgan fingerprint density at radius 1 is 1.33 bits per heavy atom. The predicted molar refractivity (Wildman–Crippen MR) is 87.5 cm³/mol. The number of nitrogens with one attached hydrogen (secondary N) is 1. The molecule has 0 aliphatic rings. The van der Waals surface area contributed by atoms with E-state index in [1.807, 2.05) is 23.8 Å². The molecular formula is C13H19Cl2N5O. The van der Waals surface area contributed by atoms with Crippen molar-refractivity contribution in [1.29, 1.82) is 0 Å². The van der Waals surface area contributed by atoms with Gasteiger partial charge in [0.05, 0.1) is 5.69 Å². The predicted octanol–water partition coefficient (Wildman–Crippen LogP) is 2.10. The first-order chi connectivity index (χ1) is 9.22. The number of nitrogens with two attached hydrogens (primary N) is 1. The molecule has 3 N–H and O–H groups in total. The van der Waals surface area contributed by atoms with Gasteiger partial charge in [0.1, 0.15) is 5.82 Å². The van der Waals surface area contributed by atoms with Crippen LogP contribution in [-0.2, 0) is 4.79 Å². The zero-order chi connectivity index (χ0) is 13.7. The summed E-state index contributed by atoms with van der Waals surface area (Å²) in [5, 5.41) is 2.86. The highest BCUT2D eigenvalue weighted by Gasteiger charge is 2.10. The quantitative estimate of drug-likeness (QED) is 0.878. The molecule has 2 heterocycles. The molecule has 0 atom stereocenters. The minimum atomic E-state index is -0.0579. The second-order valence-corrected chi connectivity index (χ2v) is 4.16. The van der Waals surface area contributed by atoms with Crippen molar-refractivity contribution in [1.82, 2.24) is 14.5 Å². The summed E-state index contributed by atoms with van der Waals surface area (Å²) in [6.07, 6.45) is 6.28. The summed E-state index contributed by atoms with van der Waals surface area (Å²) in [4.78, 5) is 20.2. The largest absolute Gasteiger partial charge is 0.330 e. The highest BCUT2D eigenvalue weighted by atomic mass is 35.5. The maximum Gasteiger partial charge on any atom is 0.224 e. The van der Waals surface area contributed by atoms with Crippen LogP contribution in [0.3, 0.4) is 0 Å². The molecule has 21 heavy (non-hydrogen) atoms. The van der Waals surface area contributed by atoms with Crippen molar-refractivity contribution < 1.29 is 4.79 Å². The van der Waals surface area contributed by atoms with E-state index in [2.05, 4.69) is 15.3 Å². The van der Waals surface area contributed by atoms with Crippen LogP contribution in [0.5, 0.6) is 0 Å². The highest BCUT2D eigenvalue weighted by Crippen LogP contribution is 2.18. The number of halogens is 2. The third-order valence-corrected chi connectivity index (χ3v) is 2.72. The normalized spacial score (nSPS) is 9.43. The van der Waals surface area contributed by atoms with Gasteiger partial charge in [0.2, 0.25) is 5.91 Å². The summed E-state index contributed by atoms with van der Waals surface area (Å²) >= 11 is 0. The lowest BCUT2D eigenvalue weighted by molar-refractivity contribution is -0.116. The fourth-order valence-electron chi connectivity index (χ4n) is 1.76. The molecule has 0 saturated heterocycles. The number of hydrogen-bond donors (Lipinski definition) is 2. The van der Waals surface area contributed by atoms with E-state index in [4.69, 9.17) is 5.73 Å². The smallest absolute Gasteiger partial charge is 0.224 e. The van der Waals surface area contributed by atoms with Gasteiger partial charge >= 0.3 is 0 Å². The Hall–Kier alpha value is -1.63. The molecule has 6 nitrogen and oxygen atoms in total. The minimum absolute atomic E-state index is 0. The molecule has 0 aromatic carbocycles. The fraction of sp³-hybridized carbons (Fsp3) is 0.308. The first-order valence-electron chi connectivity index (χ1n) is 6.17. The summed E-state index contributed by atoms with van der Waals surface area (Å²) in [6, 6.07) is 3.61. The number of imidazole rings is 1. The third-order valence-electron chi connectivity index (χ3n) is 2.72. The number of hydrogen-bond acceptors (Lipinski definition) is 4. The number of carbonyl (C=O) groups is 1. The van der Waals surface area contributed by atoms with Gasteiger partial charge in [-0.25, -0.2) is 9.97 Å². The molecule has 0 spiro atoms. The topological polar surface area (TPSA) is 85.8 Å². The average molecular weight is 332 g/mol. The van der Waals surface area contributed by atoms with Crippen molar-refractivity contribution in [3.05, 3.63) is 36.5 Å². The van der Waals surface area contributed by atoms with Gasteiger partial charge in [0.25, 0.3) is 0 Å². The minimum Gasteiger partial charge on any atom is -0.330 e. The van der Waals surface area contributed by atoms with E-state index in [-0.39, 0.29) is 30.7 Å². The number of amides is 1. The summed E-state index contributed by atoms with van der Waals surface area (Å²) in [5.74, 6) is 1.42. The Kier molecular flexibility index (Phi) is 8.61. The lowest BCUT2D eigenvalue weighted by atomic mass is 10.3. The summed E-state index contributed by atoms with van der Waals surface area (Å²) in [7, 11) is 0. The number of anilines is 1. The lowest BCUT2D eigenvalue weighted by Gasteiger charge is -2.11. The monoisotopic (exact) mass is 331 g/mol. The molecule has 0 saturated carbocycles. The molecule has 0 aliphatic heterocycles. The Balaban J connectivity index is 0.00000200. The van der Waals surface area contributed by atoms with Crippen molar-refractivity contribution >= 4 is 36.4 Å². The van der Waals surface area contributed by atoms with Crippen molar-refractivity contribution in [2.75, 3.05) is 11.9 Å². The molecule has 2 aromatic rings. The Morgan fingerprint density at radius 2 is 2.10 bits per heavy atom. The second kappa shape index (κ2) is 9.33. The maximum absolute atomic E-state index is 11.8. The number of aryl methyl sites for hydroxylation is 1. The van der Waals surface area contributed by atoms with Gasteiger partial charge in [-0.05, 0) is 32.0 Å². The van der Waals surface area contributed by atoms with Gasteiger partial charge in [0.15, 0.2) is 5.82 Å².